The Labute approximate surface area is 171 Å². The van der Waals surface area contributed by atoms with Crippen LogP contribution in [0, 0.1) is 5.82 Å². The van der Waals surface area contributed by atoms with Gasteiger partial charge in [0, 0.05) is 0 Å². The number of alkyl carbamates (subject to hydrolysis) is 2. The normalized spacial score (nSPS) is 12.1. The molecule has 0 aliphatic rings. The lowest BCUT2D eigenvalue weighted by molar-refractivity contribution is -0.140. The van der Waals surface area contributed by atoms with Crippen LogP contribution >= 0.6 is 0 Å². The van der Waals surface area contributed by atoms with Crippen LogP contribution in [-0.4, -0.2) is 29.3 Å². The van der Waals surface area contributed by atoms with Gasteiger partial charge in [0.15, 0.2) is 0 Å². The van der Waals surface area contributed by atoms with Gasteiger partial charge in [0.25, 0.3) is 0 Å². The fourth-order valence-electron chi connectivity index (χ4n) is 1.97. The molecule has 0 unspecified atom stereocenters. The molecule has 0 heterocycles. The van der Waals surface area contributed by atoms with Crippen molar-refractivity contribution in [1.82, 2.24) is 10.6 Å². The molecular formula is C19H25F4N3O4. The van der Waals surface area contributed by atoms with Crippen LogP contribution in [0.15, 0.2) is 23.2 Å². The Bertz CT molecular complexity index is 777. The maximum atomic E-state index is 13.7. The molecule has 0 aliphatic carbocycles. The predicted octanol–water partition coefficient (Wildman–Crippen LogP) is 4.75. The van der Waals surface area contributed by atoms with Gasteiger partial charge in [-0.25, -0.2) is 19.0 Å². The van der Waals surface area contributed by atoms with Crippen LogP contribution in [-0.2, 0) is 22.2 Å². The lowest BCUT2D eigenvalue weighted by atomic mass is 10.1. The summed E-state index contributed by atoms with van der Waals surface area (Å²) in [4.78, 5) is 27.8. The highest BCUT2D eigenvalue weighted by atomic mass is 19.4. The Balaban J connectivity index is 3.02. The first-order valence-corrected chi connectivity index (χ1v) is 8.86. The zero-order valence-electron chi connectivity index (χ0n) is 17.5. The average Bonchev–Trinajstić information content (AvgIpc) is 2.47. The number of amides is 2. The van der Waals surface area contributed by atoms with Crippen molar-refractivity contribution in [3.63, 3.8) is 0 Å². The summed E-state index contributed by atoms with van der Waals surface area (Å²) in [5, 5.41) is 4.43. The van der Waals surface area contributed by atoms with Gasteiger partial charge in [-0.3, -0.25) is 10.6 Å². The fourth-order valence-corrected chi connectivity index (χ4v) is 1.97. The molecule has 1 rings (SSSR count). The third-order valence-corrected chi connectivity index (χ3v) is 3.00. The molecule has 0 saturated heterocycles. The Morgan fingerprint density at radius 2 is 1.40 bits per heavy atom. The summed E-state index contributed by atoms with van der Waals surface area (Å²) in [6.45, 7) is 9.39. The lowest BCUT2D eigenvalue weighted by Crippen LogP contribution is -2.47. The first kappa shape index (κ1) is 25.2. The van der Waals surface area contributed by atoms with Crippen LogP contribution in [0.5, 0.6) is 0 Å². The topological polar surface area (TPSA) is 89.0 Å². The quantitative estimate of drug-likeness (QED) is 0.399. The number of benzene rings is 1. The van der Waals surface area contributed by atoms with Crippen molar-refractivity contribution in [2.75, 3.05) is 0 Å². The maximum absolute atomic E-state index is 13.7. The van der Waals surface area contributed by atoms with Gasteiger partial charge in [-0.15, -0.1) is 0 Å². The minimum Gasteiger partial charge on any atom is -0.444 e. The molecule has 1 aromatic rings. The van der Waals surface area contributed by atoms with Crippen LogP contribution in [0.3, 0.4) is 0 Å². The molecule has 0 saturated carbocycles. The highest BCUT2D eigenvalue weighted by Gasteiger charge is 2.33. The van der Waals surface area contributed by atoms with Crippen molar-refractivity contribution in [1.29, 1.82) is 0 Å². The second kappa shape index (κ2) is 9.31. The highest BCUT2D eigenvalue weighted by Crippen LogP contribution is 2.31. The van der Waals surface area contributed by atoms with Crippen LogP contribution in [0.4, 0.5) is 27.2 Å². The van der Waals surface area contributed by atoms with Gasteiger partial charge in [0.05, 0.1) is 12.1 Å². The Hall–Kier alpha value is -2.85. The fraction of sp³-hybridized carbons (Fsp3) is 0.526. The number of guanidine groups is 1. The number of rotatable bonds is 2. The van der Waals surface area contributed by atoms with Crippen LogP contribution in [0.1, 0.15) is 52.7 Å². The SMILES string of the molecule is CC(C)(C)OC(=O)NC(=NCc1ccc(C(F)(F)F)c(F)c1)NC(=O)OC(C)(C)C. The van der Waals surface area contributed by atoms with Gasteiger partial charge >= 0.3 is 18.4 Å². The second-order valence-electron chi connectivity index (χ2n) is 8.23. The van der Waals surface area contributed by atoms with E-state index in [1.54, 1.807) is 41.5 Å². The van der Waals surface area contributed by atoms with Crippen molar-refractivity contribution < 1.29 is 36.6 Å². The summed E-state index contributed by atoms with van der Waals surface area (Å²) in [6.07, 6.45) is -6.69. The molecule has 0 fully saturated rings. The molecule has 30 heavy (non-hydrogen) atoms. The van der Waals surface area contributed by atoms with E-state index in [1.807, 2.05) is 0 Å². The van der Waals surface area contributed by atoms with Gasteiger partial charge < -0.3 is 9.47 Å². The summed E-state index contributed by atoms with van der Waals surface area (Å²) in [7, 11) is 0. The van der Waals surface area contributed by atoms with E-state index >= 15 is 0 Å². The number of carbonyl (C=O) groups excluding carboxylic acids is 2. The average molecular weight is 435 g/mol. The van der Waals surface area contributed by atoms with Gasteiger partial charge in [0.2, 0.25) is 5.96 Å². The van der Waals surface area contributed by atoms with Crippen LogP contribution in [0.25, 0.3) is 0 Å². The zero-order valence-corrected chi connectivity index (χ0v) is 17.5. The molecule has 2 amide bonds. The number of hydrogen-bond donors (Lipinski definition) is 2. The van der Waals surface area contributed by atoms with Gasteiger partial charge in [-0.2, -0.15) is 13.2 Å². The predicted molar refractivity (Wildman–Crippen MR) is 101 cm³/mol. The summed E-state index contributed by atoms with van der Waals surface area (Å²) in [5.74, 6) is -1.84. The molecule has 0 aliphatic heterocycles. The number of nitrogens with one attached hydrogen (secondary N) is 2. The van der Waals surface area contributed by atoms with E-state index in [2.05, 4.69) is 15.6 Å². The number of halogens is 4. The first-order valence-electron chi connectivity index (χ1n) is 8.86. The van der Waals surface area contributed by atoms with E-state index < -0.39 is 40.9 Å². The molecule has 0 radical (unpaired) electrons. The number of alkyl halides is 3. The molecule has 168 valence electrons. The smallest absolute Gasteiger partial charge is 0.419 e. The summed E-state index contributed by atoms with van der Waals surface area (Å²) in [6, 6.07) is 2.29. The number of nitrogens with zero attached hydrogens (tertiary/aromatic N) is 1. The Kier molecular flexibility index (Phi) is 7.82. The van der Waals surface area contributed by atoms with Crippen molar-refractivity contribution in [2.45, 2.75) is 65.5 Å². The van der Waals surface area contributed by atoms with E-state index in [1.165, 1.54) is 0 Å². The molecule has 0 spiro atoms. The van der Waals surface area contributed by atoms with E-state index in [9.17, 15) is 27.2 Å². The van der Waals surface area contributed by atoms with Crippen molar-refractivity contribution >= 4 is 18.1 Å². The van der Waals surface area contributed by atoms with Gasteiger partial charge in [-0.05, 0) is 59.2 Å². The number of carbonyl (C=O) groups is 2. The molecular weight excluding hydrogens is 410 g/mol. The maximum Gasteiger partial charge on any atom is 0.419 e. The molecule has 7 nitrogen and oxygen atoms in total. The Morgan fingerprint density at radius 3 is 1.77 bits per heavy atom. The summed E-state index contributed by atoms with van der Waals surface area (Å²) >= 11 is 0. The zero-order chi connectivity index (χ0) is 23.3. The van der Waals surface area contributed by atoms with Crippen molar-refractivity contribution in [3.8, 4) is 0 Å². The van der Waals surface area contributed by atoms with E-state index in [0.717, 1.165) is 6.07 Å². The number of aliphatic imine (C=N–C) groups is 1. The molecule has 2 N–H and O–H groups in total. The van der Waals surface area contributed by atoms with E-state index in [0.29, 0.717) is 12.1 Å². The van der Waals surface area contributed by atoms with Gasteiger partial charge in [0.1, 0.15) is 17.0 Å². The molecule has 0 aromatic heterocycles. The Morgan fingerprint density at radius 1 is 0.933 bits per heavy atom. The van der Waals surface area contributed by atoms with Crippen molar-refractivity contribution in [3.05, 3.63) is 35.1 Å². The summed E-state index contributed by atoms with van der Waals surface area (Å²) in [5.41, 5.74) is -3.00. The number of hydrogen-bond acceptors (Lipinski definition) is 5. The van der Waals surface area contributed by atoms with Gasteiger partial charge in [-0.1, -0.05) is 6.07 Å². The largest absolute Gasteiger partial charge is 0.444 e. The molecule has 0 atom stereocenters. The second-order valence-corrected chi connectivity index (χ2v) is 8.23. The molecule has 1 aromatic carbocycles. The van der Waals surface area contributed by atoms with Crippen LogP contribution < -0.4 is 10.6 Å². The minimum atomic E-state index is -4.83. The molecule has 0 bridgehead atoms. The highest BCUT2D eigenvalue weighted by molar-refractivity contribution is 6.01. The van der Waals surface area contributed by atoms with E-state index in [4.69, 9.17) is 9.47 Å². The third kappa shape index (κ3) is 9.57. The lowest BCUT2D eigenvalue weighted by Gasteiger charge is -2.22. The third-order valence-electron chi connectivity index (χ3n) is 3.00. The standard InChI is InChI=1S/C19H25F4N3O4/c1-17(2,3)29-15(27)25-14(26-16(28)30-18(4,5)6)24-10-11-7-8-12(13(20)9-11)19(21,22)23/h7-9H,10H2,1-6H3,(H2,24,25,26,27,28). The first-order chi connectivity index (χ1) is 13.5. The van der Waals surface area contributed by atoms with E-state index in [-0.39, 0.29) is 18.1 Å². The minimum absolute atomic E-state index is 0.0787. The molecule has 11 heteroatoms. The number of ether oxygens (including phenoxy) is 2. The van der Waals surface area contributed by atoms with Crippen molar-refractivity contribution in [2.24, 2.45) is 4.99 Å². The van der Waals surface area contributed by atoms with Crippen LogP contribution in [0.2, 0.25) is 0 Å². The summed E-state index contributed by atoms with van der Waals surface area (Å²) < 4.78 is 61.8. The monoisotopic (exact) mass is 435 g/mol.